The van der Waals surface area contributed by atoms with E-state index in [4.69, 9.17) is 0 Å². The number of hydrogen-bond acceptors (Lipinski definition) is 0. The van der Waals surface area contributed by atoms with Crippen LogP contribution >= 0.6 is 0 Å². The minimum Gasteiger partial charge on any atom is -0.0622 e. The second-order valence-corrected chi connectivity index (χ2v) is 20.3. The highest BCUT2D eigenvalue weighted by atomic mass is 14.3. The van der Waals surface area contributed by atoms with E-state index in [2.05, 4.69) is 260 Å². The van der Waals surface area contributed by atoms with Crippen molar-refractivity contribution in [2.45, 2.75) is 52.4 Å². The monoisotopic (exact) mass is 846 g/mol. The van der Waals surface area contributed by atoms with Gasteiger partial charge < -0.3 is 0 Å². The highest BCUT2D eigenvalue weighted by molar-refractivity contribution is 6.11. The number of benzene rings is 11. The van der Waals surface area contributed by atoms with E-state index in [1.54, 1.807) is 0 Å². The molecule has 0 fully saturated rings. The average Bonchev–Trinajstić information content (AvgIpc) is 3.35. The Labute approximate surface area is 389 Å². The van der Waals surface area contributed by atoms with E-state index in [9.17, 15) is 0 Å². The van der Waals surface area contributed by atoms with Gasteiger partial charge >= 0.3 is 0 Å². The Morgan fingerprint density at radius 3 is 0.909 bits per heavy atom. The first-order valence-electron chi connectivity index (χ1n) is 23.4. The molecule has 0 bridgehead atoms. The smallest absolute Gasteiger partial charge is 0.00992 e. The van der Waals surface area contributed by atoms with Gasteiger partial charge in [-0.3, -0.25) is 0 Å². The van der Waals surface area contributed by atoms with Crippen LogP contribution in [0.3, 0.4) is 0 Å². The molecule has 0 N–H and O–H groups in total. The zero-order valence-electron chi connectivity index (χ0n) is 38.8. The third kappa shape index (κ3) is 7.88. The minimum atomic E-state index is 0.0503. The molecule has 0 saturated heterocycles. The largest absolute Gasteiger partial charge is 0.0622 e. The van der Waals surface area contributed by atoms with Crippen LogP contribution in [0.5, 0.6) is 0 Å². The first-order valence-corrected chi connectivity index (χ1v) is 23.4. The van der Waals surface area contributed by atoms with E-state index in [1.807, 2.05) is 0 Å². The van der Waals surface area contributed by atoms with E-state index < -0.39 is 0 Å². The Morgan fingerprint density at radius 1 is 0.197 bits per heavy atom. The molecule has 0 nitrogen and oxygen atoms in total. The fraction of sp³-hybridized carbons (Fsp3) is 0.121. The summed E-state index contributed by atoms with van der Waals surface area (Å²) in [6, 6.07) is 81.8. The maximum atomic E-state index is 2.40. The third-order valence-electron chi connectivity index (χ3n) is 13.7. The van der Waals surface area contributed by atoms with Crippen LogP contribution in [0.4, 0.5) is 0 Å². The van der Waals surface area contributed by atoms with Gasteiger partial charge in [-0.15, -0.1) is 0 Å². The summed E-state index contributed by atoms with van der Waals surface area (Å²) < 4.78 is 0. The Bertz CT molecular complexity index is 3400. The van der Waals surface area contributed by atoms with E-state index in [0.717, 1.165) is 0 Å². The first kappa shape index (κ1) is 41.2. The van der Waals surface area contributed by atoms with Crippen LogP contribution in [-0.2, 0) is 10.8 Å². The molecule has 0 unspecified atom stereocenters. The predicted molar refractivity (Wildman–Crippen MR) is 286 cm³/mol. The van der Waals surface area contributed by atoms with Gasteiger partial charge in [-0.2, -0.15) is 0 Å². The predicted octanol–water partition coefficient (Wildman–Crippen LogP) is 18.9. The first-order chi connectivity index (χ1) is 31.9. The fourth-order valence-electron chi connectivity index (χ4n) is 9.74. The Kier molecular flexibility index (Phi) is 10.1. The normalized spacial score (nSPS) is 12.1. The SMILES string of the molecule is CC(C)(C)c1cc(-c2ccc(-c3cc(-c4ccc5c(ccc6ccc(-c7ccccc7)cc65)c4)cc(-c4ccc5c(ccc6ccc(-c7ccccc7)cc65)c4)c3)cc2)cc(C(C)(C)C)c1. The van der Waals surface area contributed by atoms with Crippen LogP contribution in [-0.4, -0.2) is 0 Å². The van der Waals surface area contributed by atoms with Crippen molar-refractivity contribution >= 4 is 43.1 Å². The summed E-state index contributed by atoms with van der Waals surface area (Å²) in [6.45, 7) is 13.9. The summed E-state index contributed by atoms with van der Waals surface area (Å²) in [7, 11) is 0. The molecule has 0 amide bonds. The zero-order chi connectivity index (χ0) is 45.2. The van der Waals surface area contributed by atoms with Crippen LogP contribution in [0.2, 0.25) is 0 Å². The van der Waals surface area contributed by atoms with Crippen LogP contribution < -0.4 is 0 Å². The molecule has 0 heteroatoms. The molecule has 0 aliphatic rings. The van der Waals surface area contributed by atoms with Gasteiger partial charge in [0.15, 0.2) is 0 Å². The van der Waals surface area contributed by atoms with Crippen LogP contribution in [0.25, 0.3) is 110 Å². The van der Waals surface area contributed by atoms with E-state index in [-0.39, 0.29) is 10.8 Å². The molecular formula is C66H54. The van der Waals surface area contributed by atoms with E-state index >= 15 is 0 Å². The van der Waals surface area contributed by atoms with Crippen molar-refractivity contribution < 1.29 is 0 Å². The maximum Gasteiger partial charge on any atom is -0.00992 e. The molecule has 0 aromatic heterocycles. The van der Waals surface area contributed by atoms with Crippen molar-refractivity contribution in [2.24, 2.45) is 0 Å². The number of rotatable bonds is 6. The molecule has 0 radical (unpaired) electrons. The second kappa shape index (κ2) is 16.2. The van der Waals surface area contributed by atoms with Gasteiger partial charge in [0.05, 0.1) is 0 Å². The summed E-state index contributed by atoms with van der Waals surface area (Å²) in [6.07, 6.45) is 0. The summed E-state index contributed by atoms with van der Waals surface area (Å²) >= 11 is 0. The number of fused-ring (bicyclic) bond motifs is 6. The van der Waals surface area contributed by atoms with E-state index in [1.165, 1.54) is 121 Å². The van der Waals surface area contributed by atoms with Crippen molar-refractivity contribution in [2.75, 3.05) is 0 Å². The highest BCUT2D eigenvalue weighted by Gasteiger charge is 2.21. The van der Waals surface area contributed by atoms with Gasteiger partial charge in [-0.1, -0.05) is 217 Å². The quantitative estimate of drug-likeness (QED) is 0.146. The second-order valence-electron chi connectivity index (χ2n) is 20.3. The molecule has 0 aliphatic heterocycles. The van der Waals surface area contributed by atoms with Crippen LogP contribution in [0.15, 0.2) is 218 Å². The van der Waals surface area contributed by atoms with Gasteiger partial charge in [0.25, 0.3) is 0 Å². The molecule has 318 valence electrons. The molecule has 11 aromatic carbocycles. The van der Waals surface area contributed by atoms with Crippen LogP contribution in [0, 0.1) is 0 Å². The summed E-state index contributed by atoms with van der Waals surface area (Å²) in [5.41, 5.74) is 17.5. The van der Waals surface area contributed by atoms with Gasteiger partial charge in [-0.05, 0) is 174 Å². The van der Waals surface area contributed by atoms with Gasteiger partial charge in [0.1, 0.15) is 0 Å². The van der Waals surface area contributed by atoms with Gasteiger partial charge in [0.2, 0.25) is 0 Å². The van der Waals surface area contributed by atoms with Gasteiger partial charge in [-0.25, -0.2) is 0 Å². The molecular weight excluding hydrogens is 793 g/mol. The minimum absolute atomic E-state index is 0.0503. The molecule has 11 rings (SSSR count). The van der Waals surface area contributed by atoms with Crippen molar-refractivity contribution in [3.05, 3.63) is 230 Å². The Morgan fingerprint density at radius 2 is 0.500 bits per heavy atom. The van der Waals surface area contributed by atoms with Crippen molar-refractivity contribution in [3.63, 3.8) is 0 Å². The molecule has 66 heavy (non-hydrogen) atoms. The Balaban J connectivity index is 1.04. The number of hydrogen-bond donors (Lipinski definition) is 0. The fourth-order valence-corrected chi connectivity index (χ4v) is 9.74. The lowest BCUT2D eigenvalue weighted by Gasteiger charge is -2.26. The summed E-state index contributed by atoms with van der Waals surface area (Å²) in [5, 5.41) is 10.1. The summed E-state index contributed by atoms with van der Waals surface area (Å²) in [5.74, 6) is 0. The molecule has 0 spiro atoms. The molecule has 11 aromatic rings. The molecule has 0 atom stereocenters. The van der Waals surface area contributed by atoms with Crippen LogP contribution in [0.1, 0.15) is 52.7 Å². The van der Waals surface area contributed by atoms with E-state index in [0.29, 0.717) is 0 Å². The maximum absolute atomic E-state index is 2.40. The third-order valence-corrected chi connectivity index (χ3v) is 13.7. The lowest BCUT2D eigenvalue weighted by Crippen LogP contribution is -2.16. The molecule has 0 saturated carbocycles. The lowest BCUT2D eigenvalue weighted by molar-refractivity contribution is 0.569. The van der Waals surface area contributed by atoms with Crippen molar-refractivity contribution in [1.82, 2.24) is 0 Å². The molecule has 0 heterocycles. The van der Waals surface area contributed by atoms with Crippen molar-refractivity contribution in [1.29, 1.82) is 0 Å². The highest BCUT2D eigenvalue weighted by Crippen LogP contribution is 2.40. The van der Waals surface area contributed by atoms with Crippen molar-refractivity contribution in [3.8, 4) is 66.8 Å². The molecule has 0 aliphatic carbocycles. The topological polar surface area (TPSA) is 0 Å². The standard InChI is InChI=1S/C66H54/c1-65(2,3)59-38-58(39-60(42-59)66(4,5)6)46-19-17-45(18-20-46)55-35-56(49-29-31-61-53(33-49)27-23-47-21-25-51(40-63(47)61)43-13-9-7-10-14-43)37-57(36-55)50-30-32-62-54(34-50)28-24-48-22-26-52(41-64(48)62)44-15-11-8-12-16-44/h7-42H,1-6H3. The lowest BCUT2D eigenvalue weighted by atomic mass is 9.79. The zero-order valence-corrected chi connectivity index (χ0v) is 38.8. The summed E-state index contributed by atoms with van der Waals surface area (Å²) in [4.78, 5) is 0. The Hall–Kier alpha value is -7.54. The average molecular weight is 847 g/mol. The van der Waals surface area contributed by atoms with Gasteiger partial charge in [0, 0.05) is 0 Å².